The number of carbonyl (C=O) groups is 1. The molecule has 0 aliphatic heterocycles. The number of amides is 1. The lowest BCUT2D eigenvalue weighted by Gasteiger charge is -2.18. The molecule has 0 fully saturated rings. The quantitative estimate of drug-likeness (QED) is 0.685. The zero-order chi connectivity index (χ0) is 15.0. The molecular formula is C16H14INO3. The van der Waals surface area contributed by atoms with Crippen LogP contribution < -0.4 is 5.32 Å². The van der Waals surface area contributed by atoms with Gasteiger partial charge in [-0.15, -0.1) is 0 Å². The average Bonchev–Trinajstić information content (AvgIpc) is 2.78. The molecule has 0 saturated carbocycles. The normalized spacial score (nSPS) is 20.1. The first-order valence-corrected chi connectivity index (χ1v) is 7.69. The number of phenols is 1. The van der Waals surface area contributed by atoms with E-state index in [0.29, 0.717) is 15.6 Å². The summed E-state index contributed by atoms with van der Waals surface area (Å²) in [4.78, 5) is 12.3. The molecule has 2 atom stereocenters. The van der Waals surface area contributed by atoms with E-state index >= 15 is 0 Å². The highest BCUT2D eigenvalue weighted by Gasteiger charge is 2.32. The molecule has 0 saturated heterocycles. The molecule has 0 heterocycles. The van der Waals surface area contributed by atoms with Gasteiger partial charge in [-0.2, -0.15) is 0 Å². The fourth-order valence-corrected chi connectivity index (χ4v) is 2.96. The van der Waals surface area contributed by atoms with Gasteiger partial charge < -0.3 is 15.5 Å². The second kappa shape index (κ2) is 5.65. The summed E-state index contributed by atoms with van der Waals surface area (Å²) in [5.41, 5.74) is 2.39. The minimum atomic E-state index is -0.621. The SMILES string of the molecule is O=C(N[C@@H]1c2ccccc2C[C@@H]1O)c1ccc(I)c(O)c1. The molecule has 108 valence electrons. The number of hydrogen-bond acceptors (Lipinski definition) is 3. The molecule has 0 radical (unpaired) electrons. The number of nitrogens with one attached hydrogen (secondary N) is 1. The van der Waals surface area contributed by atoms with Crippen LogP contribution in [0.5, 0.6) is 5.75 Å². The topological polar surface area (TPSA) is 69.6 Å². The van der Waals surface area contributed by atoms with E-state index in [9.17, 15) is 15.0 Å². The molecule has 2 aromatic rings. The highest BCUT2D eigenvalue weighted by Crippen LogP contribution is 2.31. The molecule has 21 heavy (non-hydrogen) atoms. The summed E-state index contributed by atoms with van der Waals surface area (Å²) in [5, 5.41) is 22.7. The van der Waals surface area contributed by atoms with Crippen molar-refractivity contribution in [3.8, 4) is 5.75 Å². The first-order chi connectivity index (χ1) is 10.1. The Labute approximate surface area is 136 Å². The highest BCUT2D eigenvalue weighted by molar-refractivity contribution is 14.1. The number of carbonyl (C=O) groups excluding carboxylic acids is 1. The van der Waals surface area contributed by atoms with E-state index in [1.165, 1.54) is 6.07 Å². The largest absolute Gasteiger partial charge is 0.507 e. The van der Waals surface area contributed by atoms with Gasteiger partial charge >= 0.3 is 0 Å². The van der Waals surface area contributed by atoms with E-state index in [-0.39, 0.29) is 11.7 Å². The minimum Gasteiger partial charge on any atom is -0.507 e. The number of halogens is 1. The van der Waals surface area contributed by atoms with Crippen LogP contribution in [0.25, 0.3) is 0 Å². The van der Waals surface area contributed by atoms with Gasteiger partial charge in [0.2, 0.25) is 0 Å². The smallest absolute Gasteiger partial charge is 0.251 e. The van der Waals surface area contributed by atoms with Gasteiger partial charge in [0.1, 0.15) is 5.75 Å². The van der Waals surface area contributed by atoms with E-state index in [2.05, 4.69) is 5.32 Å². The van der Waals surface area contributed by atoms with Crippen LogP contribution in [0.4, 0.5) is 0 Å². The van der Waals surface area contributed by atoms with E-state index in [1.807, 2.05) is 46.9 Å². The highest BCUT2D eigenvalue weighted by atomic mass is 127. The van der Waals surface area contributed by atoms with E-state index in [0.717, 1.165) is 11.1 Å². The third-order valence-electron chi connectivity index (χ3n) is 3.70. The first kappa shape index (κ1) is 14.3. The molecule has 1 aliphatic carbocycles. The number of aliphatic hydroxyl groups excluding tert-OH is 1. The molecule has 1 aliphatic rings. The first-order valence-electron chi connectivity index (χ1n) is 6.61. The average molecular weight is 395 g/mol. The molecule has 0 spiro atoms. The Kier molecular flexibility index (Phi) is 3.86. The summed E-state index contributed by atoms with van der Waals surface area (Å²) in [6.07, 6.45) is -0.0808. The number of aliphatic hydroxyl groups is 1. The predicted molar refractivity (Wildman–Crippen MR) is 87.2 cm³/mol. The Morgan fingerprint density at radius 3 is 2.76 bits per heavy atom. The third kappa shape index (κ3) is 2.75. The van der Waals surface area contributed by atoms with Gasteiger partial charge in [0.25, 0.3) is 5.91 Å². The maximum absolute atomic E-state index is 12.3. The lowest BCUT2D eigenvalue weighted by molar-refractivity contribution is 0.0858. The van der Waals surface area contributed by atoms with Gasteiger partial charge in [-0.05, 0) is 51.9 Å². The molecular weight excluding hydrogens is 381 g/mol. The van der Waals surface area contributed by atoms with Crippen LogP contribution in [-0.4, -0.2) is 22.2 Å². The van der Waals surface area contributed by atoms with Crippen molar-refractivity contribution >= 4 is 28.5 Å². The second-order valence-corrected chi connectivity index (χ2v) is 6.25. The van der Waals surface area contributed by atoms with Crippen molar-refractivity contribution in [2.75, 3.05) is 0 Å². The number of rotatable bonds is 2. The summed E-state index contributed by atoms with van der Waals surface area (Å²) in [6, 6.07) is 12.1. The van der Waals surface area contributed by atoms with Gasteiger partial charge in [0, 0.05) is 12.0 Å². The van der Waals surface area contributed by atoms with Gasteiger partial charge in [0.05, 0.1) is 15.7 Å². The molecule has 0 unspecified atom stereocenters. The Hall–Kier alpha value is -1.60. The monoisotopic (exact) mass is 395 g/mol. The van der Waals surface area contributed by atoms with Crippen LogP contribution in [0.3, 0.4) is 0 Å². The zero-order valence-corrected chi connectivity index (χ0v) is 13.2. The lowest BCUT2D eigenvalue weighted by Crippen LogP contribution is -2.33. The maximum atomic E-state index is 12.3. The predicted octanol–water partition coefficient (Wildman–Crippen LogP) is 2.38. The van der Waals surface area contributed by atoms with Crippen LogP contribution in [-0.2, 0) is 6.42 Å². The maximum Gasteiger partial charge on any atom is 0.251 e. The molecule has 0 bridgehead atoms. The fraction of sp³-hybridized carbons (Fsp3) is 0.188. The summed E-state index contributed by atoms with van der Waals surface area (Å²) < 4.78 is 0.690. The minimum absolute atomic E-state index is 0.0793. The summed E-state index contributed by atoms with van der Waals surface area (Å²) in [7, 11) is 0. The van der Waals surface area contributed by atoms with Crippen molar-refractivity contribution in [1.82, 2.24) is 5.32 Å². The molecule has 4 nitrogen and oxygen atoms in total. The van der Waals surface area contributed by atoms with Gasteiger partial charge in [-0.3, -0.25) is 4.79 Å². The molecule has 3 rings (SSSR count). The zero-order valence-electron chi connectivity index (χ0n) is 11.1. The van der Waals surface area contributed by atoms with Gasteiger partial charge in [0.15, 0.2) is 0 Å². The molecule has 0 aromatic heterocycles. The number of aromatic hydroxyl groups is 1. The van der Waals surface area contributed by atoms with Crippen molar-refractivity contribution in [2.24, 2.45) is 0 Å². The number of benzene rings is 2. The fourth-order valence-electron chi connectivity index (χ4n) is 2.63. The van der Waals surface area contributed by atoms with Crippen LogP contribution in [0.1, 0.15) is 27.5 Å². The number of phenolic OH excluding ortho intramolecular Hbond substituents is 1. The van der Waals surface area contributed by atoms with Gasteiger partial charge in [-0.25, -0.2) is 0 Å². The second-order valence-electron chi connectivity index (χ2n) is 5.09. The molecule has 5 heteroatoms. The number of hydrogen-bond donors (Lipinski definition) is 3. The summed E-state index contributed by atoms with van der Waals surface area (Å²) in [5.74, 6) is -0.224. The third-order valence-corrected chi connectivity index (χ3v) is 4.61. The van der Waals surface area contributed by atoms with E-state index in [4.69, 9.17) is 0 Å². The van der Waals surface area contributed by atoms with Crippen LogP contribution in [0.2, 0.25) is 0 Å². The van der Waals surface area contributed by atoms with Crippen molar-refractivity contribution < 1.29 is 15.0 Å². The Morgan fingerprint density at radius 2 is 2.00 bits per heavy atom. The molecule has 1 amide bonds. The number of fused-ring (bicyclic) bond motifs is 1. The Balaban J connectivity index is 1.83. The summed E-state index contributed by atoms with van der Waals surface area (Å²) >= 11 is 2.00. The van der Waals surface area contributed by atoms with Gasteiger partial charge in [-0.1, -0.05) is 24.3 Å². The standard InChI is InChI=1S/C16H14INO3/c17-12-6-5-10(8-13(12)19)16(21)18-15-11-4-2-1-3-9(11)7-14(15)20/h1-6,8,14-15,19-20H,7H2,(H,18,21)/t14-,15+/m0/s1. The van der Waals surface area contributed by atoms with Crippen LogP contribution in [0, 0.1) is 3.57 Å². The van der Waals surface area contributed by atoms with Crippen molar-refractivity contribution in [3.63, 3.8) is 0 Å². The van der Waals surface area contributed by atoms with Crippen molar-refractivity contribution in [2.45, 2.75) is 18.6 Å². The molecule has 2 aromatic carbocycles. The summed E-state index contributed by atoms with van der Waals surface area (Å²) in [6.45, 7) is 0. The van der Waals surface area contributed by atoms with Crippen molar-refractivity contribution in [3.05, 3.63) is 62.7 Å². The van der Waals surface area contributed by atoms with Crippen LogP contribution in [0.15, 0.2) is 42.5 Å². The van der Waals surface area contributed by atoms with Crippen LogP contribution >= 0.6 is 22.6 Å². The lowest BCUT2D eigenvalue weighted by atomic mass is 10.1. The molecule has 3 N–H and O–H groups in total. The Bertz CT molecular complexity index is 702. The Morgan fingerprint density at radius 1 is 1.24 bits per heavy atom. The van der Waals surface area contributed by atoms with E-state index < -0.39 is 12.1 Å². The van der Waals surface area contributed by atoms with Crippen molar-refractivity contribution in [1.29, 1.82) is 0 Å². The van der Waals surface area contributed by atoms with E-state index in [1.54, 1.807) is 12.1 Å².